The molecule has 1 saturated heterocycles. The molecule has 0 radical (unpaired) electrons. The standard InChI is InChI=1S/C15H23N3O/c1-10-4-11(2)6-13(5-10)18-9-12(3)8-17-15(19)14(18)7-16/h4-6,12,14H,7-9,16H2,1-3H3,(H,17,19). The van der Waals surface area contributed by atoms with E-state index in [1.54, 1.807) is 0 Å². The second-order valence-corrected chi connectivity index (χ2v) is 5.60. The minimum atomic E-state index is -0.272. The highest BCUT2D eigenvalue weighted by Crippen LogP contribution is 2.23. The normalized spacial score (nSPS) is 24.0. The van der Waals surface area contributed by atoms with E-state index in [0.717, 1.165) is 18.8 Å². The van der Waals surface area contributed by atoms with E-state index >= 15 is 0 Å². The van der Waals surface area contributed by atoms with Gasteiger partial charge in [-0.3, -0.25) is 4.79 Å². The average Bonchev–Trinajstić information content (AvgIpc) is 2.48. The molecule has 2 unspecified atom stereocenters. The number of amides is 1. The highest BCUT2D eigenvalue weighted by atomic mass is 16.2. The molecule has 1 heterocycles. The summed E-state index contributed by atoms with van der Waals surface area (Å²) in [6, 6.07) is 6.12. The quantitative estimate of drug-likeness (QED) is 0.841. The molecule has 0 saturated carbocycles. The fourth-order valence-electron chi connectivity index (χ4n) is 2.70. The Morgan fingerprint density at radius 1 is 1.32 bits per heavy atom. The zero-order valence-corrected chi connectivity index (χ0v) is 11.9. The number of hydrogen-bond donors (Lipinski definition) is 2. The number of hydrogen-bond acceptors (Lipinski definition) is 3. The fourth-order valence-corrected chi connectivity index (χ4v) is 2.70. The Hall–Kier alpha value is -1.55. The van der Waals surface area contributed by atoms with E-state index in [2.05, 4.69) is 49.2 Å². The number of carbonyl (C=O) groups is 1. The van der Waals surface area contributed by atoms with Crippen LogP contribution in [0, 0.1) is 19.8 Å². The molecule has 4 nitrogen and oxygen atoms in total. The molecule has 104 valence electrons. The minimum absolute atomic E-state index is 0.0333. The van der Waals surface area contributed by atoms with Crippen LogP contribution in [0.1, 0.15) is 18.1 Å². The molecule has 1 aliphatic heterocycles. The van der Waals surface area contributed by atoms with Crippen LogP contribution in [0.4, 0.5) is 5.69 Å². The number of nitrogens with one attached hydrogen (secondary N) is 1. The summed E-state index contributed by atoms with van der Waals surface area (Å²) in [5.41, 5.74) is 9.33. The Balaban J connectivity index is 2.39. The summed E-state index contributed by atoms with van der Waals surface area (Å²) in [7, 11) is 0. The monoisotopic (exact) mass is 261 g/mol. The van der Waals surface area contributed by atoms with Crippen LogP contribution in [0.5, 0.6) is 0 Å². The molecule has 0 spiro atoms. The first-order valence-electron chi connectivity index (χ1n) is 6.84. The van der Waals surface area contributed by atoms with Crippen molar-refractivity contribution in [2.75, 3.05) is 24.5 Å². The number of benzene rings is 1. The van der Waals surface area contributed by atoms with E-state index in [4.69, 9.17) is 5.73 Å². The molecular weight excluding hydrogens is 238 g/mol. The van der Waals surface area contributed by atoms with E-state index < -0.39 is 0 Å². The van der Waals surface area contributed by atoms with Crippen molar-refractivity contribution in [3.8, 4) is 0 Å². The summed E-state index contributed by atoms with van der Waals surface area (Å²) >= 11 is 0. The lowest BCUT2D eigenvalue weighted by Crippen LogP contribution is -2.49. The lowest BCUT2D eigenvalue weighted by molar-refractivity contribution is -0.121. The largest absolute Gasteiger partial charge is 0.358 e. The zero-order valence-electron chi connectivity index (χ0n) is 11.9. The molecule has 3 N–H and O–H groups in total. The van der Waals surface area contributed by atoms with Gasteiger partial charge < -0.3 is 16.0 Å². The van der Waals surface area contributed by atoms with Gasteiger partial charge in [0.25, 0.3) is 0 Å². The van der Waals surface area contributed by atoms with Crippen molar-refractivity contribution >= 4 is 11.6 Å². The summed E-state index contributed by atoms with van der Waals surface area (Å²) in [6.07, 6.45) is 0. The van der Waals surface area contributed by atoms with Crippen molar-refractivity contribution < 1.29 is 4.79 Å². The predicted octanol–water partition coefficient (Wildman–Crippen LogP) is 1.20. The van der Waals surface area contributed by atoms with Gasteiger partial charge in [-0.05, 0) is 43.0 Å². The second kappa shape index (κ2) is 5.61. The molecule has 1 amide bonds. The Kier molecular flexibility index (Phi) is 4.10. The van der Waals surface area contributed by atoms with Crippen molar-refractivity contribution in [3.63, 3.8) is 0 Å². The molecule has 19 heavy (non-hydrogen) atoms. The van der Waals surface area contributed by atoms with Gasteiger partial charge in [-0.25, -0.2) is 0 Å². The van der Waals surface area contributed by atoms with Gasteiger partial charge in [0.1, 0.15) is 6.04 Å². The topological polar surface area (TPSA) is 58.4 Å². The molecule has 2 atom stereocenters. The van der Waals surface area contributed by atoms with Crippen LogP contribution in [-0.4, -0.2) is 31.6 Å². The van der Waals surface area contributed by atoms with Crippen molar-refractivity contribution in [1.29, 1.82) is 0 Å². The molecule has 1 aliphatic rings. The number of nitrogens with two attached hydrogens (primary N) is 1. The number of aryl methyl sites for hydroxylation is 2. The SMILES string of the molecule is Cc1cc(C)cc(N2CC(C)CNC(=O)C2CN)c1. The predicted molar refractivity (Wildman–Crippen MR) is 78.3 cm³/mol. The van der Waals surface area contributed by atoms with Crippen LogP contribution in [0.25, 0.3) is 0 Å². The summed E-state index contributed by atoms with van der Waals surface area (Å²) in [5.74, 6) is 0.451. The molecule has 1 fully saturated rings. The van der Waals surface area contributed by atoms with Gasteiger partial charge in [-0.2, -0.15) is 0 Å². The first-order valence-corrected chi connectivity index (χ1v) is 6.84. The molecule has 2 rings (SSSR count). The summed E-state index contributed by atoms with van der Waals surface area (Å²) in [5, 5.41) is 2.96. The van der Waals surface area contributed by atoms with Gasteiger partial charge in [-0.15, -0.1) is 0 Å². The molecule has 1 aromatic rings. The third kappa shape index (κ3) is 3.07. The van der Waals surface area contributed by atoms with Crippen LogP contribution in [0.3, 0.4) is 0 Å². The highest BCUT2D eigenvalue weighted by Gasteiger charge is 2.29. The summed E-state index contributed by atoms with van der Waals surface area (Å²) < 4.78 is 0. The van der Waals surface area contributed by atoms with E-state index in [1.165, 1.54) is 11.1 Å². The first kappa shape index (κ1) is 13.9. The number of nitrogens with zero attached hydrogens (tertiary/aromatic N) is 1. The van der Waals surface area contributed by atoms with Crippen molar-refractivity contribution in [1.82, 2.24) is 5.32 Å². The van der Waals surface area contributed by atoms with Crippen LogP contribution >= 0.6 is 0 Å². The van der Waals surface area contributed by atoms with Crippen LogP contribution in [-0.2, 0) is 4.79 Å². The van der Waals surface area contributed by atoms with Crippen molar-refractivity contribution in [2.24, 2.45) is 11.7 Å². The Labute approximate surface area is 115 Å². The maximum Gasteiger partial charge on any atom is 0.244 e. The lowest BCUT2D eigenvalue weighted by Gasteiger charge is -2.31. The van der Waals surface area contributed by atoms with Crippen molar-refractivity contribution in [3.05, 3.63) is 29.3 Å². The second-order valence-electron chi connectivity index (χ2n) is 5.60. The third-order valence-corrected chi connectivity index (χ3v) is 3.57. The number of anilines is 1. The third-order valence-electron chi connectivity index (χ3n) is 3.57. The fraction of sp³-hybridized carbons (Fsp3) is 0.533. The van der Waals surface area contributed by atoms with Crippen molar-refractivity contribution in [2.45, 2.75) is 26.8 Å². The zero-order chi connectivity index (χ0) is 14.0. The van der Waals surface area contributed by atoms with E-state index in [-0.39, 0.29) is 11.9 Å². The van der Waals surface area contributed by atoms with Crippen LogP contribution in [0.15, 0.2) is 18.2 Å². The van der Waals surface area contributed by atoms with E-state index in [1.807, 2.05) is 0 Å². The molecule has 1 aromatic carbocycles. The Bertz CT molecular complexity index is 452. The molecule has 0 aliphatic carbocycles. The van der Waals surface area contributed by atoms with Gasteiger partial charge in [0.2, 0.25) is 5.91 Å². The maximum absolute atomic E-state index is 12.1. The van der Waals surface area contributed by atoms with Crippen LogP contribution in [0.2, 0.25) is 0 Å². The summed E-state index contributed by atoms with van der Waals surface area (Å²) in [4.78, 5) is 14.3. The smallest absolute Gasteiger partial charge is 0.244 e. The number of rotatable bonds is 2. The van der Waals surface area contributed by atoms with E-state index in [9.17, 15) is 4.79 Å². The van der Waals surface area contributed by atoms with Gasteiger partial charge in [-0.1, -0.05) is 13.0 Å². The van der Waals surface area contributed by atoms with Crippen LogP contribution < -0.4 is 16.0 Å². The molecule has 0 bridgehead atoms. The highest BCUT2D eigenvalue weighted by molar-refractivity contribution is 5.86. The van der Waals surface area contributed by atoms with Gasteiger partial charge in [0.05, 0.1) is 0 Å². The minimum Gasteiger partial charge on any atom is -0.358 e. The Morgan fingerprint density at radius 2 is 1.95 bits per heavy atom. The average molecular weight is 261 g/mol. The Morgan fingerprint density at radius 3 is 2.53 bits per heavy atom. The summed E-state index contributed by atoms with van der Waals surface area (Å²) in [6.45, 7) is 8.21. The van der Waals surface area contributed by atoms with E-state index in [0.29, 0.717) is 12.5 Å². The number of carbonyl (C=O) groups excluding carboxylic acids is 1. The van der Waals surface area contributed by atoms with Gasteiger partial charge in [0, 0.05) is 25.3 Å². The first-order chi connectivity index (χ1) is 9.01. The van der Waals surface area contributed by atoms with Gasteiger partial charge >= 0.3 is 0 Å². The molecule has 4 heteroatoms. The van der Waals surface area contributed by atoms with Gasteiger partial charge in [0.15, 0.2) is 0 Å². The maximum atomic E-state index is 12.1. The lowest BCUT2D eigenvalue weighted by atomic mass is 10.1. The molecule has 0 aromatic heterocycles. The molecular formula is C15H23N3O.